The number of ether oxygens (including phenoxy) is 1. The number of benzene rings is 1. The number of hydrogen-bond donors (Lipinski definition) is 1. The average Bonchev–Trinajstić information content (AvgIpc) is 3.45. The Morgan fingerprint density at radius 2 is 2.03 bits per heavy atom. The van der Waals surface area contributed by atoms with Gasteiger partial charge in [-0.3, -0.25) is 14.7 Å². The lowest BCUT2D eigenvalue weighted by atomic mass is 10.0. The fourth-order valence-corrected chi connectivity index (χ4v) is 3.95. The van der Waals surface area contributed by atoms with Crippen LogP contribution in [-0.2, 0) is 20.0 Å². The number of likely N-dealkylation sites (tertiary alicyclic amines) is 1. The van der Waals surface area contributed by atoms with Crippen LogP contribution in [0.5, 0.6) is 5.75 Å². The molecule has 0 saturated carbocycles. The molecule has 0 spiro atoms. The Bertz CT molecular complexity index is 912. The van der Waals surface area contributed by atoms with Crippen LogP contribution < -0.4 is 4.74 Å². The van der Waals surface area contributed by atoms with Crippen molar-refractivity contribution in [3.05, 3.63) is 65.2 Å². The quantitative estimate of drug-likeness (QED) is 0.631. The standard InChI is InChI=1S/C23H31N5O/c1-17(2)18-4-6-22(7-5-18)29-13-10-20-14-23(26-25-20)19-9-12-28(15-19)16-21-8-11-24-27(21)3/h4-8,11,14,17,19H,9-10,12-13,15-16H2,1-3H3,(H,25,26)/t19-/m1/s1. The SMILES string of the molecule is CC(C)c1ccc(OCCc2cc([C@@H]3CCN(Cc4ccnn4C)C3)n[nH]2)cc1. The van der Waals surface area contributed by atoms with Crippen LogP contribution in [0.1, 0.15) is 54.7 Å². The molecule has 3 heterocycles. The summed E-state index contributed by atoms with van der Waals surface area (Å²) in [6.07, 6.45) is 3.86. The first kappa shape index (κ1) is 19.7. The molecule has 0 unspecified atom stereocenters. The number of H-pyrrole nitrogens is 1. The molecule has 1 N–H and O–H groups in total. The van der Waals surface area contributed by atoms with E-state index in [1.54, 1.807) is 0 Å². The van der Waals surface area contributed by atoms with E-state index in [4.69, 9.17) is 4.74 Å². The highest BCUT2D eigenvalue weighted by Gasteiger charge is 2.26. The van der Waals surface area contributed by atoms with Crippen molar-refractivity contribution < 1.29 is 4.74 Å². The highest BCUT2D eigenvalue weighted by Crippen LogP contribution is 2.27. The van der Waals surface area contributed by atoms with Gasteiger partial charge in [0.1, 0.15) is 5.75 Å². The summed E-state index contributed by atoms with van der Waals surface area (Å²) in [5.74, 6) is 1.97. The van der Waals surface area contributed by atoms with E-state index in [0.717, 1.165) is 43.9 Å². The zero-order valence-corrected chi connectivity index (χ0v) is 17.6. The van der Waals surface area contributed by atoms with Crippen LogP contribution in [0.2, 0.25) is 0 Å². The molecule has 1 aromatic carbocycles. The molecule has 0 radical (unpaired) electrons. The summed E-state index contributed by atoms with van der Waals surface area (Å²) in [6.45, 7) is 8.16. The number of aryl methyl sites for hydroxylation is 1. The summed E-state index contributed by atoms with van der Waals surface area (Å²) in [5, 5.41) is 12.0. The van der Waals surface area contributed by atoms with Gasteiger partial charge in [-0.05, 0) is 48.7 Å². The summed E-state index contributed by atoms with van der Waals surface area (Å²) in [6, 6.07) is 12.7. The molecule has 1 aliphatic heterocycles. The van der Waals surface area contributed by atoms with E-state index in [1.165, 1.54) is 17.0 Å². The van der Waals surface area contributed by atoms with Crippen LogP contribution in [0.3, 0.4) is 0 Å². The van der Waals surface area contributed by atoms with Crippen LogP contribution >= 0.6 is 0 Å². The minimum Gasteiger partial charge on any atom is -0.493 e. The molecule has 1 saturated heterocycles. The normalized spacial score (nSPS) is 17.3. The number of aromatic amines is 1. The number of nitrogens with one attached hydrogen (secondary N) is 1. The van der Waals surface area contributed by atoms with E-state index in [0.29, 0.717) is 18.4 Å². The number of aromatic nitrogens is 4. The molecule has 0 amide bonds. The van der Waals surface area contributed by atoms with Gasteiger partial charge < -0.3 is 4.74 Å². The van der Waals surface area contributed by atoms with Crippen molar-refractivity contribution in [2.24, 2.45) is 7.05 Å². The lowest BCUT2D eigenvalue weighted by Crippen LogP contribution is -2.21. The zero-order chi connectivity index (χ0) is 20.2. The minimum atomic E-state index is 0.498. The Morgan fingerprint density at radius 1 is 1.21 bits per heavy atom. The molecule has 2 aromatic heterocycles. The van der Waals surface area contributed by atoms with Crippen LogP contribution in [-0.4, -0.2) is 44.6 Å². The van der Waals surface area contributed by atoms with Crippen LogP contribution in [0, 0.1) is 0 Å². The van der Waals surface area contributed by atoms with Gasteiger partial charge in [0.15, 0.2) is 0 Å². The second-order valence-corrected chi connectivity index (χ2v) is 8.31. The third kappa shape index (κ3) is 4.88. The van der Waals surface area contributed by atoms with Gasteiger partial charge >= 0.3 is 0 Å². The van der Waals surface area contributed by atoms with Gasteiger partial charge in [0, 0.05) is 44.4 Å². The molecule has 1 fully saturated rings. The lowest BCUT2D eigenvalue weighted by molar-refractivity contribution is 0.316. The predicted molar refractivity (Wildman–Crippen MR) is 114 cm³/mol. The minimum absolute atomic E-state index is 0.498. The van der Waals surface area contributed by atoms with Crippen molar-refractivity contribution in [1.82, 2.24) is 24.9 Å². The van der Waals surface area contributed by atoms with Gasteiger partial charge in [-0.2, -0.15) is 10.2 Å². The maximum absolute atomic E-state index is 5.90. The summed E-state index contributed by atoms with van der Waals surface area (Å²) >= 11 is 0. The summed E-state index contributed by atoms with van der Waals surface area (Å²) < 4.78 is 7.86. The molecule has 6 heteroatoms. The second kappa shape index (κ2) is 8.82. The first-order valence-electron chi connectivity index (χ1n) is 10.5. The van der Waals surface area contributed by atoms with Crippen LogP contribution in [0.25, 0.3) is 0 Å². The molecule has 1 atom stereocenters. The van der Waals surface area contributed by atoms with E-state index >= 15 is 0 Å². The Kier molecular flexibility index (Phi) is 6.00. The fraction of sp³-hybridized carbons (Fsp3) is 0.478. The third-order valence-corrected chi connectivity index (χ3v) is 5.84. The van der Waals surface area contributed by atoms with E-state index in [-0.39, 0.29) is 0 Å². The number of hydrogen-bond acceptors (Lipinski definition) is 4. The van der Waals surface area contributed by atoms with Crippen molar-refractivity contribution >= 4 is 0 Å². The van der Waals surface area contributed by atoms with Gasteiger partial charge in [-0.1, -0.05) is 26.0 Å². The third-order valence-electron chi connectivity index (χ3n) is 5.84. The smallest absolute Gasteiger partial charge is 0.119 e. The van der Waals surface area contributed by atoms with Crippen LogP contribution in [0.4, 0.5) is 0 Å². The monoisotopic (exact) mass is 393 g/mol. The molecule has 0 aliphatic carbocycles. The van der Waals surface area contributed by atoms with E-state index in [2.05, 4.69) is 70.4 Å². The molecule has 29 heavy (non-hydrogen) atoms. The molecule has 0 bridgehead atoms. The fourth-order valence-electron chi connectivity index (χ4n) is 3.95. The Hall–Kier alpha value is -2.60. The molecular formula is C23H31N5O. The predicted octanol–water partition coefficient (Wildman–Crippen LogP) is 3.88. The maximum atomic E-state index is 5.90. The molecule has 1 aliphatic rings. The van der Waals surface area contributed by atoms with Crippen molar-refractivity contribution in [3.8, 4) is 5.75 Å². The van der Waals surface area contributed by atoms with Gasteiger partial charge in [0.2, 0.25) is 0 Å². The summed E-state index contributed by atoms with van der Waals surface area (Å²) in [5.41, 5.74) is 4.91. The topological polar surface area (TPSA) is 59.0 Å². The van der Waals surface area contributed by atoms with Crippen molar-refractivity contribution in [3.63, 3.8) is 0 Å². The van der Waals surface area contributed by atoms with Crippen molar-refractivity contribution in [2.45, 2.75) is 45.1 Å². The first-order valence-corrected chi connectivity index (χ1v) is 10.5. The largest absolute Gasteiger partial charge is 0.493 e. The number of nitrogens with zero attached hydrogens (tertiary/aromatic N) is 4. The Balaban J connectivity index is 1.25. The molecule has 4 rings (SSSR count). The van der Waals surface area contributed by atoms with Crippen molar-refractivity contribution in [2.75, 3.05) is 19.7 Å². The van der Waals surface area contributed by atoms with Gasteiger partial charge in [0.25, 0.3) is 0 Å². The van der Waals surface area contributed by atoms with Crippen LogP contribution in [0.15, 0.2) is 42.6 Å². The molecule has 154 valence electrons. The summed E-state index contributed by atoms with van der Waals surface area (Å²) in [4.78, 5) is 2.49. The van der Waals surface area contributed by atoms with E-state index in [1.807, 2.05) is 17.9 Å². The van der Waals surface area contributed by atoms with E-state index < -0.39 is 0 Å². The molecule has 3 aromatic rings. The first-order chi connectivity index (χ1) is 14.1. The highest BCUT2D eigenvalue weighted by atomic mass is 16.5. The van der Waals surface area contributed by atoms with Gasteiger partial charge in [0.05, 0.1) is 18.0 Å². The van der Waals surface area contributed by atoms with E-state index in [9.17, 15) is 0 Å². The second-order valence-electron chi connectivity index (χ2n) is 8.31. The Morgan fingerprint density at radius 3 is 2.76 bits per heavy atom. The zero-order valence-electron chi connectivity index (χ0n) is 17.6. The van der Waals surface area contributed by atoms with Crippen molar-refractivity contribution in [1.29, 1.82) is 0 Å². The lowest BCUT2D eigenvalue weighted by Gasteiger charge is -2.15. The molecule has 6 nitrogen and oxygen atoms in total. The van der Waals surface area contributed by atoms with Gasteiger partial charge in [-0.15, -0.1) is 0 Å². The summed E-state index contributed by atoms with van der Waals surface area (Å²) in [7, 11) is 2.00. The maximum Gasteiger partial charge on any atom is 0.119 e. The molecular weight excluding hydrogens is 362 g/mol. The highest BCUT2D eigenvalue weighted by molar-refractivity contribution is 5.29. The average molecular weight is 394 g/mol. The Labute approximate surface area is 172 Å². The van der Waals surface area contributed by atoms with Gasteiger partial charge in [-0.25, -0.2) is 0 Å². The number of rotatable bonds is 8.